The number of aromatic nitrogens is 1. The summed E-state index contributed by atoms with van der Waals surface area (Å²) in [6.45, 7) is 0.430. The van der Waals surface area contributed by atoms with Crippen molar-refractivity contribution in [3.63, 3.8) is 0 Å². The largest absolute Gasteiger partial charge is 0.493 e. The van der Waals surface area contributed by atoms with Crippen molar-refractivity contribution >= 4 is 5.91 Å². The molecule has 0 aliphatic carbocycles. The van der Waals surface area contributed by atoms with Gasteiger partial charge in [0, 0.05) is 18.9 Å². The van der Waals surface area contributed by atoms with Crippen LogP contribution in [0.25, 0.3) is 0 Å². The number of benzene rings is 1. The van der Waals surface area contributed by atoms with Gasteiger partial charge < -0.3 is 24.5 Å². The van der Waals surface area contributed by atoms with E-state index in [0.29, 0.717) is 29.4 Å². The molecule has 0 saturated carbocycles. The van der Waals surface area contributed by atoms with Gasteiger partial charge in [-0.3, -0.25) is 4.79 Å². The van der Waals surface area contributed by atoms with Gasteiger partial charge in [-0.15, -0.1) is 0 Å². The monoisotopic (exact) mass is 290 g/mol. The molecule has 1 aromatic carbocycles. The Morgan fingerprint density at radius 2 is 1.86 bits per heavy atom. The summed E-state index contributed by atoms with van der Waals surface area (Å²) in [5.74, 6) is 1.02. The van der Waals surface area contributed by atoms with Crippen molar-refractivity contribution in [2.24, 2.45) is 0 Å². The summed E-state index contributed by atoms with van der Waals surface area (Å²) in [4.78, 5) is 15.2. The molecule has 6 nitrogen and oxygen atoms in total. The van der Waals surface area contributed by atoms with Crippen LogP contribution in [-0.2, 0) is 6.54 Å². The average Bonchev–Trinajstić information content (AvgIpc) is 3.04. The molecule has 2 rings (SSSR count). The minimum atomic E-state index is -0.242. The van der Waals surface area contributed by atoms with E-state index >= 15 is 0 Å². The third kappa shape index (κ3) is 3.10. The van der Waals surface area contributed by atoms with Crippen molar-refractivity contribution < 1.29 is 19.0 Å². The number of amides is 1. The molecule has 0 atom stereocenters. The predicted molar refractivity (Wildman–Crippen MR) is 78.1 cm³/mol. The van der Waals surface area contributed by atoms with Gasteiger partial charge in [0.25, 0.3) is 5.91 Å². The number of methoxy groups -OCH3 is 3. The van der Waals surface area contributed by atoms with Crippen LogP contribution in [0.5, 0.6) is 17.2 Å². The van der Waals surface area contributed by atoms with E-state index in [1.165, 1.54) is 21.3 Å². The number of ether oxygens (including phenoxy) is 3. The first kappa shape index (κ1) is 14.8. The highest BCUT2D eigenvalue weighted by atomic mass is 16.5. The normalized spacial score (nSPS) is 10.0. The number of hydrogen-bond acceptors (Lipinski definition) is 4. The molecule has 0 unspecified atom stereocenters. The van der Waals surface area contributed by atoms with Gasteiger partial charge in [-0.1, -0.05) is 0 Å². The second kappa shape index (κ2) is 6.69. The number of rotatable bonds is 6. The van der Waals surface area contributed by atoms with Gasteiger partial charge in [0.1, 0.15) is 0 Å². The maximum atomic E-state index is 12.3. The van der Waals surface area contributed by atoms with Crippen molar-refractivity contribution in [1.82, 2.24) is 10.3 Å². The van der Waals surface area contributed by atoms with E-state index in [0.717, 1.165) is 5.56 Å². The van der Waals surface area contributed by atoms with Gasteiger partial charge in [-0.2, -0.15) is 0 Å². The Bertz CT molecular complexity index is 608. The van der Waals surface area contributed by atoms with Crippen LogP contribution in [0.15, 0.2) is 30.6 Å². The summed E-state index contributed by atoms with van der Waals surface area (Å²) in [7, 11) is 4.52. The molecule has 0 bridgehead atoms. The zero-order valence-electron chi connectivity index (χ0n) is 12.2. The van der Waals surface area contributed by atoms with Crippen LogP contribution >= 0.6 is 0 Å². The molecule has 0 radical (unpaired) electrons. The van der Waals surface area contributed by atoms with Gasteiger partial charge >= 0.3 is 0 Å². The molecule has 0 spiro atoms. The molecule has 0 saturated heterocycles. The highest BCUT2D eigenvalue weighted by molar-refractivity contribution is 5.98. The third-order valence-corrected chi connectivity index (χ3v) is 3.06. The first-order valence-corrected chi connectivity index (χ1v) is 6.40. The summed E-state index contributed by atoms with van der Waals surface area (Å²) < 4.78 is 15.8. The zero-order valence-corrected chi connectivity index (χ0v) is 12.2. The fourth-order valence-electron chi connectivity index (χ4n) is 2.03. The lowest BCUT2D eigenvalue weighted by Crippen LogP contribution is -2.23. The van der Waals surface area contributed by atoms with Crippen molar-refractivity contribution in [1.29, 1.82) is 0 Å². The van der Waals surface area contributed by atoms with Gasteiger partial charge in [0.15, 0.2) is 11.5 Å². The second-order valence-electron chi connectivity index (χ2n) is 4.28. The number of nitrogens with one attached hydrogen (secondary N) is 2. The van der Waals surface area contributed by atoms with Crippen LogP contribution in [0.4, 0.5) is 0 Å². The van der Waals surface area contributed by atoms with Gasteiger partial charge in [0.2, 0.25) is 5.75 Å². The zero-order chi connectivity index (χ0) is 15.2. The van der Waals surface area contributed by atoms with Crippen LogP contribution in [0.3, 0.4) is 0 Å². The topological polar surface area (TPSA) is 72.6 Å². The highest BCUT2D eigenvalue weighted by Gasteiger charge is 2.20. The quantitative estimate of drug-likeness (QED) is 0.853. The average molecular weight is 290 g/mol. The van der Waals surface area contributed by atoms with E-state index in [9.17, 15) is 4.79 Å². The van der Waals surface area contributed by atoms with Crippen molar-refractivity contribution in [3.8, 4) is 17.2 Å². The lowest BCUT2D eigenvalue weighted by atomic mass is 10.1. The summed E-state index contributed by atoms with van der Waals surface area (Å²) in [6.07, 6.45) is 3.63. The van der Waals surface area contributed by atoms with E-state index in [2.05, 4.69) is 10.3 Å². The SMILES string of the molecule is COc1ccc(C(=O)NCc2cc[nH]c2)c(OC)c1OC. The molecule has 0 fully saturated rings. The summed E-state index contributed by atoms with van der Waals surface area (Å²) in [6, 6.07) is 5.21. The maximum Gasteiger partial charge on any atom is 0.255 e. The number of H-pyrrole nitrogens is 1. The van der Waals surface area contributed by atoms with Crippen molar-refractivity contribution in [2.45, 2.75) is 6.54 Å². The first-order valence-electron chi connectivity index (χ1n) is 6.40. The molecule has 21 heavy (non-hydrogen) atoms. The van der Waals surface area contributed by atoms with E-state index in [1.54, 1.807) is 18.3 Å². The summed E-state index contributed by atoms with van der Waals surface area (Å²) >= 11 is 0. The van der Waals surface area contributed by atoms with E-state index in [-0.39, 0.29) is 5.91 Å². The Hall–Kier alpha value is -2.63. The molecule has 2 N–H and O–H groups in total. The summed E-state index contributed by atoms with van der Waals surface area (Å²) in [5.41, 5.74) is 1.38. The molecule has 2 aromatic rings. The Labute approximate surface area is 123 Å². The molecule has 112 valence electrons. The van der Waals surface area contributed by atoms with Crippen molar-refractivity contribution in [3.05, 3.63) is 41.7 Å². The molecule has 1 aromatic heterocycles. The maximum absolute atomic E-state index is 12.3. The van der Waals surface area contributed by atoms with Gasteiger partial charge in [-0.25, -0.2) is 0 Å². The Kier molecular flexibility index (Phi) is 4.71. The second-order valence-corrected chi connectivity index (χ2v) is 4.28. The smallest absolute Gasteiger partial charge is 0.255 e. The van der Waals surface area contributed by atoms with Crippen LogP contribution in [0, 0.1) is 0 Å². The Morgan fingerprint density at radius 3 is 2.43 bits per heavy atom. The minimum absolute atomic E-state index is 0.242. The lowest BCUT2D eigenvalue weighted by molar-refractivity contribution is 0.0947. The number of carbonyl (C=O) groups is 1. The molecule has 0 aliphatic heterocycles. The highest BCUT2D eigenvalue weighted by Crippen LogP contribution is 2.39. The van der Waals surface area contributed by atoms with Crippen LogP contribution < -0.4 is 19.5 Å². The first-order chi connectivity index (χ1) is 10.2. The number of hydrogen-bond donors (Lipinski definition) is 2. The Balaban J connectivity index is 2.23. The van der Waals surface area contributed by atoms with E-state index < -0.39 is 0 Å². The molecule has 1 heterocycles. The third-order valence-electron chi connectivity index (χ3n) is 3.06. The predicted octanol–water partition coefficient (Wildman–Crippen LogP) is 1.97. The standard InChI is InChI=1S/C15H18N2O4/c1-19-12-5-4-11(13(20-2)14(12)21-3)15(18)17-9-10-6-7-16-8-10/h4-8,16H,9H2,1-3H3,(H,17,18). The van der Waals surface area contributed by atoms with Gasteiger partial charge in [-0.05, 0) is 23.8 Å². The number of carbonyl (C=O) groups excluding carboxylic acids is 1. The molecule has 0 aliphatic rings. The van der Waals surface area contributed by atoms with Crippen LogP contribution in [0.1, 0.15) is 15.9 Å². The van der Waals surface area contributed by atoms with E-state index in [1.807, 2.05) is 12.3 Å². The minimum Gasteiger partial charge on any atom is -0.493 e. The lowest BCUT2D eigenvalue weighted by Gasteiger charge is -2.15. The van der Waals surface area contributed by atoms with Gasteiger partial charge in [0.05, 0.1) is 26.9 Å². The molecule has 6 heteroatoms. The number of aromatic amines is 1. The molecular weight excluding hydrogens is 272 g/mol. The molecular formula is C15H18N2O4. The van der Waals surface area contributed by atoms with Crippen molar-refractivity contribution in [2.75, 3.05) is 21.3 Å². The summed E-state index contributed by atoms with van der Waals surface area (Å²) in [5, 5.41) is 2.83. The fourth-order valence-corrected chi connectivity index (χ4v) is 2.03. The van der Waals surface area contributed by atoms with Crippen LogP contribution in [0.2, 0.25) is 0 Å². The van der Waals surface area contributed by atoms with Crippen LogP contribution in [-0.4, -0.2) is 32.2 Å². The fraction of sp³-hybridized carbons (Fsp3) is 0.267. The Morgan fingerprint density at radius 1 is 1.10 bits per heavy atom. The molecule has 1 amide bonds. The van der Waals surface area contributed by atoms with E-state index in [4.69, 9.17) is 14.2 Å².